The minimum absolute atomic E-state index is 0.320. The van der Waals surface area contributed by atoms with Crippen LogP contribution in [0.1, 0.15) is 6.92 Å². The average Bonchev–Trinajstić information content (AvgIpc) is 2.16. The van der Waals surface area contributed by atoms with E-state index in [1.165, 1.54) is 0 Å². The summed E-state index contributed by atoms with van der Waals surface area (Å²) in [6, 6.07) is 6.94. The second kappa shape index (κ2) is 4.67. The predicted octanol–water partition coefficient (Wildman–Crippen LogP) is 2.65. The van der Waals surface area contributed by atoms with Crippen molar-refractivity contribution in [2.24, 2.45) is 5.22 Å². The highest BCUT2D eigenvalue weighted by molar-refractivity contribution is 6.30. The van der Waals surface area contributed by atoms with E-state index in [4.69, 9.17) is 11.6 Å². The topological polar surface area (TPSA) is 50.5 Å². The number of halogens is 1. The normalized spacial score (nSPS) is 11.4. The number of hydroxylamine groups is 1. The lowest BCUT2D eigenvalue weighted by molar-refractivity contribution is -0.524. The molecule has 0 aliphatic rings. The summed E-state index contributed by atoms with van der Waals surface area (Å²) in [6.07, 6.45) is 0. The van der Waals surface area contributed by atoms with Gasteiger partial charge in [-0.2, -0.15) is 4.86 Å². The van der Waals surface area contributed by atoms with Crippen molar-refractivity contribution in [2.75, 3.05) is 12.0 Å². The molecule has 1 N–H and O–H groups in total. The molecule has 0 spiro atoms. The fourth-order valence-electron chi connectivity index (χ4n) is 0.709. The van der Waals surface area contributed by atoms with Crippen molar-refractivity contribution in [3.8, 4) is 0 Å². The third kappa shape index (κ3) is 3.29. The van der Waals surface area contributed by atoms with Crippen molar-refractivity contribution in [1.82, 2.24) is 0 Å². The predicted molar refractivity (Wildman–Crippen MR) is 51.7 cm³/mol. The van der Waals surface area contributed by atoms with Crippen LogP contribution in [0.25, 0.3) is 0 Å². The molecule has 5 heteroatoms. The summed E-state index contributed by atoms with van der Waals surface area (Å²) in [5.74, 6) is 0. The van der Waals surface area contributed by atoms with Crippen LogP contribution in [-0.4, -0.2) is 11.4 Å². The van der Waals surface area contributed by atoms with Gasteiger partial charge in [0.05, 0.1) is 5.22 Å². The smallest absolute Gasteiger partial charge is 0.146 e. The van der Waals surface area contributed by atoms with Gasteiger partial charge in [-0.25, -0.2) is 0 Å². The summed E-state index contributed by atoms with van der Waals surface area (Å²) >= 11 is 5.67. The molecule has 0 atom stereocenters. The highest BCUT2D eigenvalue weighted by atomic mass is 35.5. The molecule has 0 saturated carbocycles. The molecule has 0 bridgehead atoms. The number of hydrogen-bond acceptors (Lipinski definition) is 2. The van der Waals surface area contributed by atoms with Gasteiger partial charge >= 0.3 is 0 Å². The van der Waals surface area contributed by atoms with Crippen LogP contribution in [0.3, 0.4) is 0 Å². The zero-order valence-electron chi connectivity index (χ0n) is 7.20. The summed E-state index contributed by atoms with van der Waals surface area (Å²) in [5, 5.41) is 14.9. The van der Waals surface area contributed by atoms with E-state index in [0.29, 0.717) is 16.4 Å². The molecule has 1 aromatic rings. The zero-order chi connectivity index (χ0) is 9.68. The minimum Gasteiger partial charge on any atom is -0.696 e. The fourth-order valence-corrected chi connectivity index (χ4v) is 0.835. The van der Waals surface area contributed by atoms with Crippen LogP contribution in [0.4, 0.5) is 5.69 Å². The molecule has 0 saturated heterocycles. The summed E-state index contributed by atoms with van der Waals surface area (Å²) in [4.78, 5) is 0.564. The quantitative estimate of drug-likeness (QED) is 0.462. The number of nitrogens with one attached hydrogen (secondary N) is 1. The largest absolute Gasteiger partial charge is 0.696 e. The molecule has 0 aliphatic heterocycles. The molecular formula is C8H10ClN3O. The van der Waals surface area contributed by atoms with E-state index >= 15 is 0 Å². The molecular weight excluding hydrogens is 190 g/mol. The number of anilines is 1. The van der Waals surface area contributed by atoms with Crippen LogP contribution in [0.15, 0.2) is 29.5 Å². The van der Waals surface area contributed by atoms with Crippen LogP contribution >= 0.6 is 11.6 Å². The van der Waals surface area contributed by atoms with E-state index in [0.717, 1.165) is 5.69 Å². The highest BCUT2D eigenvalue weighted by Gasteiger charge is 1.94. The van der Waals surface area contributed by atoms with Gasteiger partial charge < -0.3 is 5.21 Å². The Bertz CT molecular complexity index is 297. The van der Waals surface area contributed by atoms with Crippen molar-refractivity contribution in [3.63, 3.8) is 0 Å². The van der Waals surface area contributed by atoms with Gasteiger partial charge in [0.2, 0.25) is 0 Å². The minimum atomic E-state index is 0.320. The van der Waals surface area contributed by atoms with E-state index < -0.39 is 0 Å². The van der Waals surface area contributed by atoms with Gasteiger partial charge in [0.15, 0.2) is 0 Å². The first-order valence-corrected chi connectivity index (χ1v) is 4.27. The van der Waals surface area contributed by atoms with Gasteiger partial charge in [0.25, 0.3) is 0 Å². The van der Waals surface area contributed by atoms with E-state index in [2.05, 4.69) is 10.6 Å². The monoisotopic (exact) mass is 199 g/mol. The van der Waals surface area contributed by atoms with Gasteiger partial charge in [0, 0.05) is 5.02 Å². The molecule has 0 heterocycles. The molecule has 70 valence electrons. The maximum absolute atomic E-state index is 10.7. The van der Waals surface area contributed by atoms with Crippen molar-refractivity contribution < 1.29 is 4.86 Å². The van der Waals surface area contributed by atoms with Crippen LogP contribution in [0.5, 0.6) is 0 Å². The van der Waals surface area contributed by atoms with E-state index in [1.54, 1.807) is 31.2 Å². The summed E-state index contributed by atoms with van der Waals surface area (Å²) in [5.41, 5.74) is 3.34. The summed E-state index contributed by atoms with van der Waals surface area (Å²) < 4.78 is 0. The lowest BCUT2D eigenvalue weighted by Gasteiger charge is -2.00. The molecule has 0 unspecified atom stereocenters. The first-order chi connectivity index (χ1) is 6.22. The molecule has 13 heavy (non-hydrogen) atoms. The standard InChI is InChI=1S/C8H10ClN3O/c1-2-12(13)11-10-8-5-3-7(9)4-6-8/h3-6,10H,2H2,1H3/b12-11+. The second-order valence-electron chi connectivity index (χ2n) is 2.39. The Hall–Kier alpha value is -1.29. The molecule has 4 nitrogen and oxygen atoms in total. The Labute approximate surface area is 81.4 Å². The number of benzene rings is 1. The number of nitrogens with zero attached hydrogens (tertiary/aromatic N) is 2. The molecule has 1 rings (SSSR count). The van der Waals surface area contributed by atoms with Crippen molar-refractivity contribution in [3.05, 3.63) is 34.5 Å². The number of hydrogen-bond donors (Lipinski definition) is 1. The Balaban J connectivity index is 2.60. The third-order valence-electron chi connectivity index (χ3n) is 1.41. The molecule has 0 aliphatic carbocycles. The van der Waals surface area contributed by atoms with Gasteiger partial charge in [-0.05, 0) is 31.2 Å². The first-order valence-electron chi connectivity index (χ1n) is 3.89. The Morgan fingerprint density at radius 1 is 1.46 bits per heavy atom. The average molecular weight is 200 g/mol. The fraction of sp³-hybridized carbons (Fsp3) is 0.250. The Morgan fingerprint density at radius 3 is 2.62 bits per heavy atom. The van der Waals surface area contributed by atoms with Crippen molar-refractivity contribution in [2.45, 2.75) is 6.92 Å². The van der Waals surface area contributed by atoms with Gasteiger partial charge in [-0.15, -0.1) is 5.43 Å². The number of rotatable bonds is 3. The van der Waals surface area contributed by atoms with E-state index in [-0.39, 0.29) is 0 Å². The molecule has 0 fully saturated rings. The third-order valence-corrected chi connectivity index (χ3v) is 1.66. The molecule has 1 aromatic carbocycles. The molecule has 0 aromatic heterocycles. The van der Waals surface area contributed by atoms with E-state index in [9.17, 15) is 5.21 Å². The first kappa shape index (κ1) is 9.80. The van der Waals surface area contributed by atoms with E-state index in [1.807, 2.05) is 0 Å². The maximum Gasteiger partial charge on any atom is 0.146 e. The molecule has 0 amide bonds. The van der Waals surface area contributed by atoms with Gasteiger partial charge in [0.1, 0.15) is 12.2 Å². The highest BCUT2D eigenvalue weighted by Crippen LogP contribution is 2.12. The van der Waals surface area contributed by atoms with Crippen molar-refractivity contribution in [1.29, 1.82) is 0 Å². The zero-order valence-corrected chi connectivity index (χ0v) is 7.95. The van der Waals surface area contributed by atoms with Crippen LogP contribution in [0, 0.1) is 5.21 Å². The summed E-state index contributed by atoms with van der Waals surface area (Å²) in [6.45, 7) is 2.04. The Kier molecular flexibility index (Phi) is 3.52. The van der Waals surface area contributed by atoms with Gasteiger partial charge in [-0.1, -0.05) is 11.6 Å². The molecule has 0 radical (unpaired) electrons. The van der Waals surface area contributed by atoms with Crippen molar-refractivity contribution >= 4 is 17.3 Å². The lowest BCUT2D eigenvalue weighted by Crippen LogP contribution is -2.02. The SMILES string of the molecule is CC/[N+]([O-])=N\Nc1ccc(Cl)cc1. The Morgan fingerprint density at radius 2 is 2.08 bits per heavy atom. The van der Waals surface area contributed by atoms with Crippen LogP contribution < -0.4 is 5.43 Å². The van der Waals surface area contributed by atoms with Gasteiger partial charge in [-0.3, -0.25) is 0 Å². The summed E-state index contributed by atoms with van der Waals surface area (Å²) in [7, 11) is 0. The second-order valence-corrected chi connectivity index (χ2v) is 2.82. The van der Waals surface area contributed by atoms with Crippen LogP contribution in [0.2, 0.25) is 5.02 Å². The lowest BCUT2D eigenvalue weighted by atomic mass is 10.3. The maximum atomic E-state index is 10.7. The van der Waals surface area contributed by atoms with Crippen LogP contribution in [-0.2, 0) is 0 Å².